The van der Waals surface area contributed by atoms with Crippen molar-refractivity contribution >= 4 is 28.8 Å². The quantitative estimate of drug-likeness (QED) is 0.289. The highest BCUT2D eigenvalue weighted by molar-refractivity contribution is 6.51. The van der Waals surface area contributed by atoms with Crippen LogP contribution in [-0.2, 0) is 16.0 Å². The van der Waals surface area contributed by atoms with Crippen molar-refractivity contribution < 1.29 is 24.2 Å². The minimum absolute atomic E-state index is 0.0437. The molecule has 3 aromatic rings. The highest BCUT2D eigenvalue weighted by Crippen LogP contribution is 2.43. The normalized spacial score (nSPS) is 18.2. The van der Waals surface area contributed by atoms with Gasteiger partial charge in [-0.2, -0.15) is 0 Å². The van der Waals surface area contributed by atoms with Crippen molar-refractivity contribution in [3.05, 3.63) is 89.0 Å². The van der Waals surface area contributed by atoms with Gasteiger partial charge in [0.15, 0.2) is 0 Å². The maximum Gasteiger partial charge on any atom is 0.300 e. The van der Waals surface area contributed by atoms with Gasteiger partial charge in [-0.05, 0) is 79.6 Å². The Morgan fingerprint density at radius 1 is 1.05 bits per heavy atom. The molecular formula is C30H30N2O5. The molecule has 0 saturated carbocycles. The lowest BCUT2D eigenvalue weighted by Gasteiger charge is -2.26. The Balaban J connectivity index is 1.67. The Hall–Kier alpha value is -4.26. The van der Waals surface area contributed by atoms with Gasteiger partial charge in [-0.15, -0.1) is 0 Å². The highest BCUT2D eigenvalue weighted by atomic mass is 16.5. The van der Waals surface area contributed by atoms with Crippen LogP contribution in [0.15, 0.2) is 72.3 Å². The average Bonchev–Trinajstić information content (AvgIpc) is 3.45. The number of ether oxygens (including phenoxy) is 2. The predicted octanol–water partition coefficient (Wildman–Crippen LogP) is 5.10. The van der Waals surface area contributed by atoms with E-state index in [2.05, 4.69) is 0 Å². The summed E-state index contributed by atoms with van der Waals surface area (Å²) in [5.74, 6) is -0.237. The summed E-state index contributed by atoms with van der Waals surface area (Å²) < 4.78 is 11.5. The number of aliphatic hydroxyl groups is 1. The van der Waals surface area contributed by atoms with Gasteiger partial charge in [-0.25, -0.2) is 0 Å². The Labute approximate surface area is 216 Å². The molecule has 0 bridgehead atoms. The number of carbonyl (C=O) groups excluding carboxylic acids is 2. The molecule has 1 fully saturated rings. The van der Waals surface area contributed by atoms with E-state index < -0.39 is 17.7 Å². The monoisotopic (exact) mass is 498 g/mol. The molecule has 5 rings (SSSR count). The molecule has 0 aromatic heterocycles. The summed E-state index contributed by atoms with van der Waals surface area (Å²) in [5, 5.41) is 11.5. The first kappa shape index (κ1) is 24.4. The molecule has 1 unspecified atom stereocenters. The number of hydrogen-bond donors (Lipinski definition) is 1. The van der Waals surface area contributed by atoms with E-state index in [9.17, 15) is 14.7 Å². The highest BCUT2D eigenvalue weighted by Gasteiger charge is 2.47. The van der Waals surface area contributed by atoms with Crippen LogP contribution < -0.4 is 19.3 Å². The van der Waals surface area contributed by atoms with Crippen LogP contribution in [0.4, 0.5) is 11.4 Å². The third kappa shape index (κ3) is 4.53. The third-order valence-electron chi connectivity index (χ3n) is 6.60. The van der Waals surface area contributed by atoms with E-state index in [4.69, 9.17) is 9.47 Å². The molecule has 0 spiro atoms. The molecule has 7 heteroatoms. The predicted molar refractivity (Wildman–Crippen MR) is 143 cm³/mol. The molecule has 1 N–H and O–H groups in total. The van der Waals surface area contributed by atoms with E-state index in [1.807, 2.05) is 87.4 Å². The molecule has 0 aliphatic carbocycles. The van der Waals surface area contributed by atoms with Gasteiger partial charge in [0.05, 0.1) is 24.3 Å². The van der Waals surface area contributed by atoms with Crippen molar-refractivity contribution in [2.75, 3.05) is 30.5 Å². The van der Waals surface area contributed by atoms with E-state index >= 15 is 0 Å². The number of Topliss-reactive ketones (excluding diaryl/α,β-unsaturated/α-hetero) is 1. The van der Waals surface area contributed by atoms with Gasteiger partial charge >= 0.3 is 0 Å². The lowest BCUT2D eigenvalue weighted by atomic mass is 9.94. The Bertz CT molecular complexity index is 1390. The molecule has 1 saturated heterocycles. The SMILES string of the molecule is CC(C)Oc1cccc(C2/C(=C(/O)c3ccc4c(c3)CCO4)C(=O)C(=O)N2c2ccc(N(C)C)cc2)c1. The molecule has 1 atom stereocenters. The van der Waals surface area contributed by atoms with E-state index in [1.54, 1.807) is 12.1 Å². The van der Waals surface area contributed by atoms with Crippen molar-refractivity contribution in [1.29, 1.82) is 0 Å². The number of benzene rings is 3. The molecule has 7 nitrogen and oxygen atoms in total. The van der Waals surface area contributed by atoms with Crippen LogP contribution in [0.2, 0.25) is 0 Å². The van der Waals surface area contributed by atoms with E-state index in [0.717, 1.165) is 23.4 Å². The van der Waals surface area contributed by atoms with Gasteiger partial charge in [-0.3, -0.25) is 14.5 Å². The number of amides is 1. The number of hydrogen-bond acceptors (Lipinski definition) is 6. The van der Waals surface area contributed by atoms with Crippen LogP contribution in [0.1, 0.15) is 36.6 Å². The van der Waals surface area contributed by atoms with Crippen molar-refractivity contribution in [2.24, 2.45) is 0 Å². The molecule has 1 amide bonds. The zero-order chi connectivity index (χ0) is 26.3. The Morgan fingerprint density at radius 2 is 1.81 bits per heavy atom. The van der Waals surface area contributed by atoms with Crippen LogP contribution in [0.3, 0.4) is 0 Å². The van der Waals surface area contributed by atoms with Crippen LogP contribution in [0.5, 0.6) is 11.5 Å². The van der Waals surface area contributed by atoms with Crippen LogP contribution in [0.25, 0.3) is 5.76 Å². The number of anilines is 2. The van der Waals surface area contributed by atoms with Crippen LogP contribution in [0, 0.1) is 0 Å². The number of aliphatic hydroxyl groups excluding tert-OH is 1. The van der Waals surface area contributed by atoms with Crippen molar-refractivity contribution in [3.63, 3.8) is 0 Å². The van der Waals surface area contributed by atoms with Crippen molar-refractivity contribution in [3.8, 4) is 11.5 Å². The van der Waals surface area contributed by atoms with E-state index in [0.29, 0.717) is 29.2 Å². The van der Waals surface area contributed by atoms with Crippen molar-refractivity contribution in [2.45, 2.75) is 32.4 Å². The summed E-state index contributed by atoms with van der Waals surface area (Å²) in [6.07, 6.45) is 0.676. The van der Waals surface area contributed by atoms with Gasteiger partial charge in [0, 0.05) is 37.5 Å². The maximum atomic E-state index is 13.5. The molecule has 2 heterocycles. The van der Waals surface area contributed by atoms with E-state index in [1.165, 1.54) is 4.90 Å². The van der Waals surface area contributed by atoms with Crippen molar-refractivity contribution in [1.82, 2.24) is 0 Å². The minimum atomic E-state index is -0.828. The summed E-state index contributed by atoms with van der Waals surface area (Å²) in [6, 6.07) is 19.2. The fourth-order valence-electron chi connectivity index (χ4n) is 4.85. The largest absolute Gasteiger partial charge is 0.507 e. The topological polar surface area (TPSA) is 79.3 Å². The summed E-state index contributed by atoms with van der Waals surface area (Å²) in [7, 11) is 3.87. The molecule has 2 aliphatic rings. The van der Waals surface area contributed by atoms with E-state index in [-0.39, 0.29) is 17.4 Å². The number of nitrogens with zero attached hydrogens (tertiary/aromatic N) is 2. The zero-order valence-electron chi connectivity index (χ0n) is 21.4. The molecule has 190 valence electrons. The average molecular weight is 499 g/mol. The van der Waals surface area contributed by atoms with Crippen LogP contribution >= 0.6 is 0 Å². The summed E-state index contributed by atoms with van der Waals surface area (Å²) in [4.78, 5) is 30.4. The third-order valence-corrected chi connectivity index (χ3v) is 6.60. The molecule has 0 radical (unpaired) electrons. The number of rotatable bonds is 6. The number of fused-ring (bicyclic) bond motifs is 1. The minimum Gasteiger partial charge on any atom is -0.507 e. The summed E-state index contributed by atoms with van der Waals surface area (Å²) >= 11 is 0. The van der Waals surface area contributed by atoms with Gasteiger partial charge < -0.3 is 19.5 Å². The second-order valence-electron chi connectivity index (χ2n) is 9.74. The summed E-state index contributed by atoms with van der Waals surface area (Å²) in [6.45, 7) is 4.45. The molecule has 37 heavy (non-hydrogen) atoms. The van der Waals surface area contributed by atoms with Crippen LogP contribution in [-0.4, -0.2) is 43.6 Å². The molecular weight excluding hydrogens is 468 g/mol. The maximum absolute atomic E-state index is 13.5. The van der Waals surface area contributed by atoms with Gasteiger partial charge in [0.1, 0.15) is 17.3 Å². The van der Waals surface area contributed by atoms with Gasteiger partial charge in [0.2, 0.25) is 0 Å². The second kappa shape index (κ2) is 9.65. The first-order chi connectivity index (χ1) is 17.7. The molecule has 3 aromatic carbocycles. The first-order valence-corrected chi connectivity index (χ1v) is 12.4. The fraction of sp³-hybridized carbons (Fsp3) is 0.267. The first-order valence-electron chi connectivity index (χ1n) is 12.4. The lowest BCUT2D eigenvalue weighted by molar-refractivity contribution is -0.132. The van der Waals surface area contributed by atoms with Gasteiger partial charge in [0.25, 0.3) is 11.7 Å². The fourth-order valence-corrected chi connectivity index (χ4v) is 4.85. The number of ketones is 1. The summed E-state index contributed by atoms with van der Waals surface area (Å²) in [5.41, 5.74) is 3.67. The lowest BCUT2D eigenvalue weighted by Crippen LogP contribution is -2.29. The second-order valence-corrected chi connectivity index (χ2v) is 9.74. The number of carbonyl (C=O) groups is 2. The zero-order valence-corrected chi connectivity index (χ0v) is 21.4. The Morgan fingerprint density at radius 3 is 2.51 bits per heavy atom. The Kier molecular flexibility index (Phi) is 6.38. The molecule has 2 aliphatic heterocycles. The van der Waals surface area contributed by atoms with Gasteiger partial charge in [-0.1, -0.05) is 12.1 Å². The smallest absolute Gasteiger partial charge is 0.300 e. The standard InChI is InChI=1S/C30H30N2O5/c1-18(2)37-24-7-5-6-20(17-24)27-26(28(33)21-8-13-25-19(16-21)14-15-36-25)29(34)30(35)32(27)23-11-9-22(10-12-23)31(3)4/h5-13,16-18,27,33H,14-15H2,1-4H3/b28-26-.